The highest BCUT2D eigenvalue weighted by molar-refractivity contribution is 9.09. The summed E-state index contributed by atoms with van der Waals surface area (Å²) in [6.07, 6.45) is 23.3. The zero-order chi connectivity index (χ0) is 17.0. The molecule has 0 aromatic carbocycles. The van der Waals surface area contributed by atoms with Crippen LogP contribution < -0.4 is 5.32 Å². The van der Waals surface area contributed by atoms with Crippen molar-refractivity contribution in [2.24, 2.45) is 0 Å². The normalized spacial score (nSPS) is 11.2. The Hall–Kier alpha value is -0.310. The summed E-state index contributed by atoms with van der Waals surface area (Å²) in [4.78, 5) is 11.0. The quantitative estimate of drug-likeness (QED) is 0.171. The molecule has 0 unspecified atom stereocenters. The first-order valence-electron chi connectivity index (χ1n) is 9.79. The van der Waals surface area contributed by atoms with Crippen molar-refractivity contribution in [2.75, 3.05) is 11.9 Å². The maximum Gasteiger partial charge on any atom is 0.230 e. The molecular weight excluding hydrogens is 350 g/mol. The van der Waals surface area contributed by atoms with E-state index in [9.17, 15) is 4.79 Å². The Labute approximate surface area is 153 Å². The highest BCUT2D eigenvalue weighted by atomic mass is 79.9. The van der Waals surface area contributed by atoms with Gasteiger partial charge in [-0.15, -0.1) is 0 Å². The van der Waals surface area contributed by atoms with Crippen LogP contribution in [0.4, 0.5) is 0 Å². The molecule has 0 radical (unpaired) electrons. The monoisotopic (exact) mass is 387 g/mol. The van der Waals surface area contributed by atoms with Crippen molar-refractivity contribution in [3.05, 3.63) is 12.2 Å². The Balaban J connectivity index is 3.09. The largest absolute Gasteiger partial charge is 0.355 e. The van der Waals surface area contributed by atoms with Gasteiger partial charge in [-0.05, 0) is 32.1 Å². The summed E-state index contributed by atoms with van der Waals surface area (Å²) in [5, 5.41) is 3.30. The van der Waals surface area contributed by atoms with Crippen LogP contribution in [-0.4, -0.2) is 17.8 Å². The van der Waals surface area contributed by atoms with E-state index >= 15 is 0 Å². The van der Waals surface area contributed by atoms with E-state index in [4.69, 9.17) is 0 Å². The molecule has 1 amide bonds. The molecule has 0 aromatic rings. The van der Waals surface area contributed by atoms with Crippen molar-refractivity contribution in [3.63, 3.8) is 0 Å². The first kappa shape index (κ1) is 22.7. The van der Waals surface area contributed by atoms with Gasteiger partial charge in [-0.2, -0.15) is 0 Å². The lowest BCUT2D eigenvalue weighted by atomic mass is 10.1. The van der Waals surface area contributed by atoms with Gasteiger partial charge < -0.3 is 5.32 Å². The Morgan fingerprint density at radius 1 is 0.783 bits per heavy atom. The van der Waals surface area contributed by atoms with Crippen molar-refractivity contribution in [1.29, 1.82) is 0 Å². The summed E-state index contributed by atoms with van der Waals surface area (Å²) in [6.45, 7) is 3.10. The van der Waals surface area contributed by atoms with Crippen molar-refractivity contribution in [3.8, 4) is 0 Å². The number of halogens is 1. The van der Waals surface area contributed by atoms with Crippen LogP contribution in [-0.2, 0) is 4.79 Å². The van der Waals surface area contributed by atoms with E-state index in [0.717, 1.165) is 13.0 Å². The molecule has 0 atom stereocenters. The van der Waals surface area contributed by atoms with Crippen LogP contribution in [0.15, 0.2) is 12.2 Å². The fraction of sp³-hybridized carbons (Fsp3) is 0.850. The molecule has 0 heterocycles. The highest BCUT2D eigenvalue weighted by Crippen LogP contribution is 2.09. The lowest BCUT2D eigenvalue weighted by Gasteiger charge is -2.03. The number of hydrogen-bond donors (Lipinski definition) is 1. The first-order valence-corrected chi connectivity index (χ1v) is 10.9. The Kier molecular flexibility index (Phi) is 19.5. The third-order valence-corrected chi connectivity index (χ3v) is 4.64. The van der Waals surface area contributed by atoms with E-state index in [1.807, 2.05) is 0 Å². The SMILES string of the molecule is CCCCCCCC/C=C\CCCCCCCCNC(=O)CBr. The van der Waals surface area contributed by atoms with Gasteiger partial charge in [0.1, 0.15) is 0 Å². The van der Waals surface area contributed by atoms with Gasteiger partial charge in [-0.1, -0.05) is 92.8 Å². The van der Waals surface area contributed by atoms with Gasteiger partial charge >= 0.3 is 0 Å². The minimum absolute atomic E-state index is 0.0951. The Morgan fingerprint density at radius 2 is 1.26 bits per heavy atom. The fourth-order valence-electron chi connectivity index (χ4n) is 2.65. The predicted molar refractivity (Wildman–Crippen MR) is 106 cm³/mol. The van der Waals surface area contributed by atoms with Crippen LogP contribution in [0.1, 0.15) is 96.8 Å². The van der Waals surface area contributed by atoms with Gasteiger partial charge in [0.25, 0.3) is 0 Å². The van der Waals surface area contributed by atoms with Crippen molar-refractivity contribution in [2.45, 2.75) is 96.8 Å². The second kappa shape index (κ2) is 19.7. The van der Waals surface area contributed by atoms with Crippen molar-refractivity contribution in [1.82, 2.24) is 5.32 Å². The molecule has 3 heteroatoms. The summed E-state index contributed by atoms with van der Waals surface area (Å²) in [5.74, 6) is 0.0951. The van der Waals surface area contributed by atoms with Gasteiger partial charge in [-0.25, -0.2) is 0 Å². The summed E-state index contributed by atoms with van der Waals surface area (Å²) in [5.41, 5.74) is 0. The lowest BCUT2D eigenvalue weighted by Crippen LogP contribution is -2.25. The smallest absolute Gasteiger partial charge is 0.230 e. The van der Waals surface area contributed by atoms with E-state index in [1.54, 1.807) is 0 Å². The summed E-state index contributed by atoms with van der Waals surface area (Å²) >= 11 is 3.15. The van der Waals surface area contributed by atoms with Crippen LogP contribution in [0.25, 0.3) is 0 Å². The van der Waals surface area contributed by atoms with E-state index < -0.39 is 0 Å². The van der Waals surface area contributed by atoms with Gasteiger partial charge in [-0.3, -0.25) is 4.79 Å². The van der Waals surface area contributed by atoms with E-state index in [0.29, 0.717) is 5.33 Å². The molecule has 136 valence electrons. The van der Waals surface area contributed by atoms with Crippen LogP contribution in [0.5, 0.6) is 0 Å². The molecule has 0 aliphatic carbocycles. The minimum Gasteiger partial charge on any atom is -0.355 e. The number of amides is 1. The van der Waals surface area contributed by atoms with Gasteiger partial charge in [0.2, 0.25) is 5.91 Å². The maximum atomic E-state index is 11.0. The molecule has 0 aromatic heterocycles. The van der Waals surface area contributed by atoms with Gasteiger partial charge in [0.15, 0.2) is 0 Å². The summed E-state index contributed by atoms with van der Waals surface area (Å²) < 4.78 is 0. The van der Waals surface area contributed by atoms with E-state index in [1.165, 1.54) is 83.5 Å². The van der Waals surface area contributed by atoms with E-state index in [-0.39, 0.29) is 5.91 Å². The number of allylic oxidation sites excluding steroid dienone is 2. The number of hydrogen-bond acceptors (Lipinski definition) is 1. The minimum atomic E-state index is 0.0951. The Bertz CT molecular complexity index is 279. The average Bonchev–Trinajstić information content (AvgIpc) is 2.57. The molecule has 2 nitrogen and oxygen atoms in total. The molecule has 0 fully saturated rings. The van der Waals surface area contributed by atoms with Crippen LogP contribution in [0, 0.1) is 0 Å². The van der Waals surface area contributed by atoms with Gasteiger partial charge in [0.05, 0.1) is 5.33 Å². The molecular formula is C20H38BrNO. The molecule has 0 aliphatic rings. The summed E-state index contributed by atoms with van der Waals surface area (Å²) in [7, 11) is 0. The fourth-order valence-corrected chi connectivity index (χ4v) is 2.85. The number of alkyl halides is 1. The molecule has 1 N–H and O–H groups in total. The second-order valence-corrected chi connectivity index (χ2v) is 6.98. The van der Waals surface area contributed by atoms with Gasteiger partial charge in [0, 0.05) is 6.54 Å². The zero-order valence-electron chi connectivity index (χ0n) is 15.3. The number of carbonyl (C=O) groups excluding carboxylic acids is 1. The number of carbonyl (C=O) groups is 1. The van der Waals surface area contributed by atoms with Crippen molar-refractivity contribution < 1.29 is 4.79 Å². The third-order valence-electron chi connectivity index (χ3n) is 4.13. The summed E-state index contributed by atoms with van der Waals surface area (Å²) in [6, 6.07) is 0. The lowest BCUT2D eigenvalue weighted by molar-refractivity contribution is -0.118. The second-order valence-electron chi connectivity index (χ2n) is 6.42. The third kappa shape index (κ3) is 19.6. The predicted octanol–water partition coefficient (Wildman–Crippen LogP) is 6.54. The van der Waals surface area contributed by atoms with Crippen LogP contribution in [0.3, 0.4) is 0 Å². The topological polar surface area (TPSA) is 29.1 Å². The molecule has 0 spiro atoms. The van der Waals surface area contributed by atoms with Crippen molar-refractivity contribution >= 4 is 21.8 Å². The molecule has 0 saturated heterocycles. The maximum absolute atomic E-state index is 11.0. The standard InChI is InChI=1S/C20H38BrNO/c1-2-3-4-5-6-7-8-9-10-11-12-13-14-15-16-17-18-22-20(23)19-21/h9-10H,2-8,11-19H2,1H3,(H,22,23)/b10-9-. The number of nitrogens with one attached hydrogen (secondary N) is 1. The highest BCUT2D eigenvalue weighted by Gasteiger charge is 1.96. The number of rotatable bonds is 17. The molecule has 0 bridgehead atoms. The van der Waals surface area contributed by atoms with E-state index in [2.05, 4.69) is 40.3 Å². The molecule has 0 rings (SSSR count). The Morgan fingerprint density at radius 3 is 1.78 bits per heavy atom. The number of unbranched alkanes of at least 4 members (excludes halogenated alkanes) is 12. The molecule has 23 heavy (non-hydrogen) atoms. The average molecular weight is 388 g/mol. The first-order chi connectivity index (χ1) is 11.3. The molecule has 0 saturated carbocycles. The zero-order valence-corrected chi connectivity index (χ0v) is 16.8. The molecule has 0 aliphatic heterocycles. The van der Waals surface area contributed by atoms with Crippen LogP contribution in [0.2, 0.25) is 0 Å². The van der Waals surface area contributed by atoms with Crippen LogP contribution >= 0.6 is 15.9 Å².